The summed E-state index contributed by atoms with van der Waals surface area (Å²) in [5.41, 5.74) is 0.469. The van der Waals surface area contributed by atoms with Crippen molar-refractivity contribution in [3.05, 3.63) is 32.7 Å². The lowest BCUT2D eigenvalue weighted by atomic mass is 10.0. The lowest BCUT2D eigenvalue weighted by Gasteiger charge is -2.18. The van der Waals surface area contributed by atoms with Crippen LogP contribution in [0.1, 0.15) is 30.6 Å². The topological polar surface area (TPSA) is 55.4 Å². The molecule has 4 nitrogen and oxygen atoms in total. The van der Waals surface area contributed by atoms with E-state index in [-0.39, 0.29) is 11.8 Å². The van der Waals surface area contributed by atoms with Crippen LogP contribution in [0.3, 0.4) is 0 Å². The van der Waals surface area contributed by atoms with E-state index in [1.165, 1.54) is 7.11 Å². The van der Waals surface area contributed by atoms with Gasteiger partial charge >= 0.3 is 5.97 Å². The molecule has 0 fully saturated rings. The minimum absolute atomic E-state index is 0.269. The Bertz CT molecular complexity index is 503. The number of methoxy groups -OCH3 is 1. The van der Waals surface area contributed by atoms with E-state index in [4.69, 9.17) is 4.74 Å². The highest BCUT2D eigenvalue weighted by Crippen LogP contribution is 2.21. The Kier molecular flexibility index (Phi) is 6.68. The number of hydrogen-bond acceptors (Lipinski definition) is 3. The summed E-state index contributed by atoms with van der Waals surface area (Å²) in [6.07, 6.45) is 0.532. The molecule has 1 unspecified atom stereocenters. The quantitative estimate of drug-likeness (QED) is 0.761. The minimum Gasteiger partial charge on any atom is -0.467 e. The van der Waals surface area contributed by atoms with Gasteiger partial charge in [0.2, 0.25) is 0 Å². The van der Waals surface area contributed by atoms with Crippen molar-refractivity contribution in [1.82, 2.24) is 5.32 Å². The molecule has 110 valence electrons. The van der Waals surface area contributed by atoms with Gasteiger partial charge in [0, 0.05) is 8.95 Å². The normalized spacial score (nSPS) is 12.1. The highest BCUT2D eigenvalue weighted by Gasteiger charge is 2.24. The Hall–Kier alpha value is -0.880. The molecule has 1 aromatic carbocycles. The second-order valence-corrected chi connectivity index (χ2v) is 6.57. The van der Waals surface area contributed by atoms with Gasteiger partial charge in [0.1, 0.15) is 6.04 Å². The molecule has 0 aliphatic heterocycles. The summed E-state index contributed by atoms with van der Waals surface area (Å²) in [5.74, 6) is -0.474. The Balaban J connectivity index is 2.90. The van der Waals surface area contributed by atoms with Gasteiger partial charge in [-0.05, 0) is 46.5 Å². The molecule has 0 saturated heterocycles. The molecular weight excluding hydrogens is 390 g/mol. The fourth-order valence-corrected chi connectivity index (χ4v) is 2.52. The Morgan fingerprint density at radius 1 is 1.30 bits per heavy atom. The fraction of sp³-hybridized carbons (Fsp3) is 0.429. The van der Waals surface area contributed by atoms with Crippen molar-refractivity contribution in [1.29, 1.82) is 0 Å². The monoisotopic (exact) mass is 405 g/mol. The van der Waals surface area contributed by atoms with E-state index in [0.29, 0.717) is 16.5 Å². The van der Waals surface area contributed by atoms with Crippen molar-refractivity contribution in [2.24, 2.45) is 5.92 Å². The zero-order chi connectivity index (χ0) is 15.3. The smallest absolute Gasteiger partial charge is 0.328 e. The third kappa shape index (κ3) is 4.90. The Morgan fingerprint density at radius 3 is 2.50 bits per heavy atom. The molecule has 1 rings (SSSR count). The summed E-state index contributed by atoms with van der Waals surface area (Å²) in [5, 5.41) is 2.72. The Morgan fingerprint density at radius 2 is 1.95 bits per heavy atom. The second kappa shape index (κ2) is 7.78. The molecule has 1 amide bonds. The third-order valence-electron chi connectivity index (χ3n) is 2.67. The molecule has 1 atom stereocenters. The van der Waals surface area contributed by atoms with Crippen LogP contribution < -0.4 is 5.32 Å². The first-order valence-electron chi connectivity index (χ1n) is 6.19. The number of amides is 1. The van der Waals surface area contributed by atoms with Crippen LogP contribution in [0.5, 0.6) is 0 Å². The third-order valence-corrected chi connectivity index (χ3v) is 3.86. The summed E-state index contributed by atoms with van der Waals surface area (Å²) in [6, 6.07) is 4.66. The molecule has 0 spiro atoms. The van der Waals surface area contributed by atoms with Gasteiger partial charge in [-0.3, -0.25) is 4.79 Å². The van der Waals surface area contributed by atoms with Crippen LogP contribution in [-0.4, -0.2) is 25.0 Å². The summed E-state index contributed by atoms with van der Waals surface area (Å²) >= 11 is 6.65. The molecule has 0 radical (unpaired) electrons. The maximum atomic E-state index is 12.3. The summed E-state index contributed by atoms with van der Waals surface area (Å²) < 4.78 is 6.20. The van der Waals surface area contributed by atoms with Crippen molar-refractivity contribution < 1.29 is 14.3 Å². The minimum atomic E-state index is -0.640. The van der Waals surface area contributed by atoms with Crippen LogP contribution in [0.2, 0.25) is 0 Å². The number of ether oxygens (including phenoxy) is 1. The van der Waals surface area contributed by atoms with Gasteiger partial charge in [0.15, 0.2) is 0 Å². The predicted molar refractivity (Wildman–Crippen MR) is 84.6 cm³/mol. The van der Waals surface area contributed by atoms with E-state index in [9.17, 15) is 9.59 Å². The number of benzene rings is 1. The number of esters is 1. The van der Waals surface area contributed by atoms with Crippen molar-refractivity contribution in [3.63, 3.8) is 0 Å². The highest BCUT2D eigenvalue weighted by atomic mass is 79.9. The van der Waals surface area contributed by atoms with Gasteiger partial charge in [-0.1, -0.05) is 29.8 Å². The van der Waals surface area contributed by atoms with E-state index < -0.39 is 12.0 Å². The molecule has 0 aliphatic carbocycles. The van der Waals surface area contributed by atoms with E-state index >= 15 is 0 Å². The van der Waals surface area contributed by atoms with E-state index in [1.807, 2.05) is 19.9 Å². The van der Waals surface area contributed by atoms with Gasteiger partial charge in [0.05, 0.1) is 12.7 Å². The van der Waals surface area contributed by atoms with Crippen LogP contribution in [0.15, 0.2) is 27.1 Å². The average molecular weight is 407 g/mol. The standard InChI is InChI=1S/C14H17Br2NO3/c1-8(2)6-12(14(19)20-3)17-13(18)10-7-9(15)4-5-11(10)16/h4-5,7-8,12H,6H2,1-3H3,(H,17,18). The molecule has 0 bridgehead atoms. The molecule has 1 N–H and O–H groups in total. The van der Waals surface area contributed by atoms with Gasteiger partial charge in [0.25, 0.3) is 5.91 Å². The van der Waals surface area contributed by atoms with Gasteiger partial charge in [-0.25, -0.2) is 4.79 Å². The zero-order valence-corrected chi connectivity index (χ0v) is 14.7. The molecule has 0 heterocycles. The average Bonchev–Trinajstić information content (AvgIpc) is 2.39. The number of rotatable bonds is 5. The van der Waals surface area contributed by atoms with Crippen LogP contribution in [0.4, 0.5) is 0 Å². The number of carbonyl (C=O) groups is 2. The van der Waals surface area contributed by atoms with Crippen molar-refractivity contribution >= 4 is 43.7 Å². The Labute approximate surface area is 135 Å². The molecular formula is C14H17Br2NO3. The fourth-order valence-electron chi connectivity index (χ4n) is 1.74. The molecule has 0 saturated carbocycles. The molecule has 0 aromatic heterocycles. The van der Waals surface area contributed by atoms with Gasteiger partial charge < -0.3 is 10.1 Å². The maximum Gasteiger partial charge on any atom is 0.328 e. The predicted octanol–water partition coefficient (Wildman–Crippen LogP) is 3.53. The van der Waals surface area contributed by atoms with E-state index in [0.717, 1.165) is 4.47 Å². The van der Waals surface area contributed by atoms with Crippen molar-refractivity contribution in [2.75, 3.05) is 7.11 Å². The SMILES string of the molecule is COC(=O)C(CC(C)C)NC(=O)c1cc(Br)ccc1Br. The largest absolute Gasteiger partial charge is 0.467 e. The zero-order valence-electron chi connectivity index (χ0n) is 11.6. The van der Waals surface area contributed by atoms with Gasteiger partial charge in [-0.2, -0.15) is 0 Å². The van der Waals surface area contributed by atoms with Crippen molar-refractivity contribution in [2.45, 2.75) is 26.3 Å². The van der Waals surface area contributed by atoms with Crippen molar-refractivity contribution in [3.8, 4) is 0 Å². The van der Waals surface area contributed by atoms with Gasteiger partial charge in [-0.15, -0.1) is 0 Å². The van der Waals surface area contributed by atoms with E-state index in [1.54, 1.807) is 12.1 Å². The van der Waals surface area contributed by atoms with Crippen LogP contribution in [-0.2, 0) is 9.53 Å². The summed E-state index contributed by atoms with van der Waals surface area (Å²) in [6.45, 7) is 3.97. The summed E-state index contributed by atoms with van der Waals surface area (Å²) in [4.78, 5) is 24.0. The molecule has 0 aliphatic rings. The number of carbonyl (C=O) groups excluding carboxylic acids is 2. The highest BCUT2D eigenvalue weighted by molar-refractivity contribution is 9.11. The lowest BCUT2D eigenvalue weighted by molar-refractivity contribution is -0.143. The lowest BCUT2D eigenvalue weighted by Crippen LogP contribution is -2.42. The molecule has 6 heteroatoms. The maximum absolute atomic E-state index is 12.3. The van der Waals surface area contributed by atoms with Crippen LogP contribution >= 0.6 is 31.9 Å². The first kappa shape index (κ1) is 17.2. The first-order chi connectivity index (χ1) is 9.35. The van der Waals surface area contributed by atoms with Crippen LogP contribution in [0.25, 0.3) is 0 Å². The second-order valence-electron chi connectivity index (χ2n) is 4.80. The first-order valence-corrected chi connectivity index (χ1v) is 7.77. The van der Waals surface area contributed by atoms with Crippen LogP contribution in [0, 0.1) is 5.92 Å². The number of halogens is 2. The number of nitrogens with one attached hydrogen (secondary N) is 1. The molecule has 20 heavy (non-hydrogen) atoms. The summed E-state index contributed by atoms with van der Waals surface area (Å²) in [7, 11) is 1.32. The molecule has 1 aromatic rings. The van der Waals surface area contributed by atoms with E-state index in [2.05, 4.69) is 37.2 Å². The number of hydrogen-bond donors (Lipinski definition) is 1.